The number of hydrogen-bond acceptors (Lipinski definition) is 6. The first-order chi connectivity index (χ1) is 16.8. The molecule has 0 saturated carbocycles. The summed E-state index contributed by atoms with van der Waals surface area (Å²) in [6, 6.07) is 16.6. The fraction of sp³-hybridized carbons (Fsp3) is 0.115. The lowest BCUT2D eigenvalue weighted by molar-refractivity contribution is -0.118. The van der Waals surface area contributed by atoms with E-state index in [-0.39, 0.29) is 23.4 Å². The Bertz CT molecular complexity index is 1450. The van der Waals surface area contributed by atoms with Gasteiger partial charge in [-0.15, -0.1) is 0 Å². The van der Waals surface area contributed by atoms with Crippen LogP contribution in [0.3, 0.4) is 0 Å². The summed E-state index contributed by atoms with van der Waals surface area (Å²) in [5, 5.41) is 5.56. The maximum atomic E-state index is 14.1. The van der Waals surface area contributed by atoms with Crippen molar-refractivity contribution in [2.75, 3.05) is 36.2 Å². The van der Waals surface area contributed by atoms with E-state index in [0.29, 0.717) is 22.3 Å². The molecule has 0 aliphatic rings. The number of nitrogens with one attached hydrogen (secondary N) is 2. The van der Waals surface area contributed by atoms with E-state index in [2.05, 4.69) is 10.6 Å². The maximum absolute atomic E-state index is 14.1. The van der Waals surface area contributed by atoms with E-state index in [9.17, 15) is 18.8 Å². The van der Waals surface area contributed by atoms with E-state index in [1.54, 1.807) is 36.4 Å². The molecule has 35 heavy (non-hydrogen) atoms. The molecule has 3 aromatic carbocycles. The van der Waals surface area contributed by atoms with E-state index in [0.717, 1.165) is 17.8 Å². The molecule has 2 N–H and O–H groups in total. The molecular weight excluding hydrogens is 453 g/mol. The van der Waals surface area contributed by atoms with Crippen LogP contribution in [0.4, 0.5) is 21.5 Å². The lowest BCUT2D eigenvalue weighted by Crippen LogP contribution is -2.20. The zero-order chi connectivity index (χ0) is 24.9. The van der Waals surface area contributed by atoms with Crippen molar-refractivity contribution in [2.45, 2.75) is 0 Å². The van der Waals surface area contributed by atoms with Crippen LogP contribution in [0.1, 0.15) is 10.4 Å². The predicted molar refractivity (Wildman–Crippen MR) is 132 cm³/mol. The molecule has 1 aromatic heterocycles. The van der Waals surface area contributed by atoms with E-state index in [1.165, 1.54) is 24.5 Å². The second-order valence-corrected chi connectivity index (χ2v) is 7.90. The summed E-state index contributed by atoms with van der Waals surface area (Å²) in [6.45, 7) is -0.362. The Hall–Kier alpha value is -4.66. The third kappa shape index (κ3) is 5.83. The fourth-order valence-corrected chi connectivity index (χ4v) is 3.35. The first kappa shape index (κ1) is 23.5. The highest BCUT2D eigenvalue weighted by molar-refractivity contribution is 6.05. The topological polar surface area (TPSA) is 101 Å². The van der Waals surface area contributed by atoms with E-state index in [1.807, 2.05) is 19.0 Å². The summed E-state index contributed by atoms with van der Waals surface area (Å²) in [6.07, 6.45) is 1.28. The minimum absolute atomic E-state index is 0.154. The van der Waals surface area contributed by atoms with Crippen molar-refractivity contribution < 1.29 is 23.1 Å². The predicted octanol–water partition coefficient (Wildman–Crippen LogP) is 4.27. The quantitative estimate of drug-likeness (QED) is 0.414. The van der Waals surface area contributed by atoms with E-state index < -0.39 is 17.6 Å². The molecule has 0 unspecified atom stereocenters. The van der Waals surface area contributed by atoms with Crippen LogP contribution in [0.2, 0.25) is 0 Å². The lowest BCUT2D eigenvalue weighted by Gasteiger charge is -2.13. The van der Waals surface area contributed by atoms with Gasteiger partial charge in [-0.25, -0.2) is 4.39 Å². The molecule has 1 heterocycles. The number of amides is 2. The Balaban J connectivity index is 1.38. The van der Waals surface area contributed by atoms with E-state index >= 15 is 0 Å². The van der Waals surface area contributed by atoms with Crippen molar-refractivity contribution in [1.82, 2.24) is 0 Å². The number of benzene rings is 3. The van der Waals surface area contributed by atoms with Crippen LogP contribution in [0.25, 0.3) is 11.0 Å². The molecule has 0 aliphatic heterocycles. The second-order valence-electron chi connectivity index (χ2n) is 7.90. The van der Waals surface area contributed by atoms with Gasteiger partial charge < -0.3 is 24.7 Å². The number of halogens is 1. The molecule has 4 aromatic rings. The molecule has 4 rings (SSSR count). The van der Waals surface area contributed by atoms with Crippen molar-refractivity contribution in [1.29, 1.82) is 0 Å². The Labute approximate surface area is 199 Å². The molecule has 0 atom stereocenters. The zero-order valence-electron chi connectivity index (χ0n) is 19.0. The Morgan fingerprint density at radius 2 is 1.66 bits per heavy atom. The molecule has 0 bridgehead atoms. The smallest absolute Gasteiger partial charge is 0.262 e. The summed E-state index contributed by atoms with van der Waals surface area (Å²) >= 11 is 0. The molecule has 0 saturated heterocycles. The van der Waals surface area contributed by atoms with Crippen LogP contribution in [-0.2, 0) is 4.79 Å². The summed E-state index contributed by atoms with van der Waals surface area (Å²) in [7, 11) is 3.79. The molecule has 2 amide bonds. The van der Waals surface area contributed by atoms with Crippen molar-refractivity contribution in [2.24, 2.45) is 0 Å². The van der Waals surface area contributed by atoms with Gasteiger partial charge in [0.15, 0.2) is 12.0 Å². The van der Waals surface area contributed by atoms with Crippen LogP contribution in [0.5, 0.6) is 5.75 Å². The molecule has 0 fully saturated rings. The van der Waals surface area contributed by atoms with Gasteiger partial charge in [-0.3, -0.25) is 14.4 Å². The molecule has 9 heteroatoms. The second kappa shape index (κ2) is 10.1. The van der Waals surface area contributed by atoms with Gasteiger partial charge >= 0.3 is 0 Å². The number of anilines is 3. The summed E-state index contributed by atoms with van der Waals surface area (Å²) in [4.78, 5) is 38.5. The van der Waals surface area contributed by atoms with Crippen molar-refractivity contribution in [3.8, 4) is 5.75 Å². The average molecular weight is 475 g/mol. The van der Waals surface area contributed by atoms with Crippen molar-refractivity contribution >= 4 is 39.8 Å². The number of rotatable bonds is 7. The Morgan fingerprint density at radius 3 is 2.37 bits per heavy atom. The van der Waals surface area contributed by atoms with Gasteiger partial charge in [-0.2, -0.15) is 0 Å². The normalized spacial score (nSPS) is 10.6. The van der Waals surface area contributed by atoms with Gasteiger partial charge in [0.2, 0.25) is 0 Å². The van der Waals surface area contributed by atoms with Gasteiger partial charge in [-0.1, -0.05) is 0 Å². The van der Waals surface area contributed by atoms with Crippen LogP contribution in [0.15, 0.2) is 82.2 Å². The molecule has 8 nitrogen and oxygen atoms in total. The standard InChI is InChI=1S/C26H22FN3O5/c1-30(2)20-5-3-16(4-6-20)26(33)29-19-12-17(27)11-18(13-19)28-25(32)15-35-21-7-8-22-23(31)9-10-34-24(22)14-21/h3-14H,15H2,1-2H3,(H,28,32)(H,29,33). The highest BCUT2D eigenvalue weighted by atomic mass is 19.1. The Kier molecular flexibility index (Phi) is 6.77. The number of ether oxygens (including phenoxy) is 1. The molecular formula is C26H22FN3O5. The molecule has 178 valence electrons. The largest absolute Gasteiger partial charge is 0.484 e. The third-order valence-corrected chi connectivity index (χ3v) is 5.09. The van der Waals surface area contributed by atoms with Gasteiger partial charge in [0.25, 0.3) is 11.8 Å². The summed E-state index contributed by atoms with van der Waals surface area (Å²) < 4.78 is 24.9. The fourth-order valence-electron chi connectivity index (χ4n) is 3.35. The lowest BCUT2D eigenvalue weighted by atomic mass is 10.1. The number of carbonyl (C=O) groups is 2. The number of fused-ring (bicyclic) bond motifs is 1. The van der Waals surface area contributed by atoms with Crippen molar-refractivity contribution in [3.05, 3.63) is 94.6 Å². The van der Waals surface area contributed by atoms with Crippen LogP contribution in [-0.4, -0.2) is 32.5 Å². The number of carbonyl (C=O) groups excluding carboxylic acids is 2. The van der Waals surface area contributed by atoms with Gasteiger partial charge in [-0.05, 0) is 54.6 Å². The number of nitrogens with zero attached hydrogens (tertiary/aromatic N) is 1. The molecule has 0 aliphatic carbocycles. The summed E-state index contributed by atoms with van der Waals surface area (Å²) in [5.41, 5.74) is 1.83. The molecule has 0 radical (unpaired) electrons. The maximum Gasteiger partial charge on any atom is 0.262 e. The first-order valence-corrected chi connectivity index (χ1v) is 10.6. The highest BCUT2D eigenvalue weighted by Gasteiger charge is 2.11. The van der Waals surface area contributed by atoms with Crippen LogP contribution < -0.4 is 25.7 Å². The molecule has 0 spiro atoms. The monoisotopic (exact) mass is 475 g/mol. The van der Waals surface area contributed by atoms with E-state index in [4.69, 9.17) is 9.15 Å². The number of hydrogen-bond donors (Lipinski definition) is 2. The average Bonchev–Trinajstić information content (AvgIpc) is 2.82. The van der Waals surface area contributed by atoms with Gasteiger partial charge in [0.1, 0.15) is 17.1 Å². The SMILES string of the molecule is CN(C)c1ccc(C(=O)Nc2cc(F)cc(NC(=O)COc3ccc4c(=O)ccoc4c3)c2)cc1. The minimum Gasteiger partial charge on any atom is -0.484 e. The van der Waals surface area contributed by atoms with Gasteiger partial charge in [0, 0.05) is 48.9 Å². The summed E-state index contributed by atoms with van der Waals surface area (Å²) in [5.74, 6) is -1.26. The van der Waals surface area contributed by atoms with Crippen LogP contribution in [0, 0.1) is 5.82 Å². The zero-order valence-corrected chi connectivity index (χ0v) is 19.0. The first-order valence-electron chi connectivity index (χ1n) is 10.6. The minimum atomic E-state index is -0.633. The van der Waals surface area contributed by atoms with Crippen molar-refractivity contribution in [3.63, 3.8) is 0 Å². The van der Waals surface area contributed by atoms with Gasteiger partial charge in [0.05, 0.1) is 11.6 Å². The Morgan fingerprint density at radius 1 is 0.943 bits per heavy atom. The van der Waals surface area contributed by atoms with Crippen LogP contribution >= 0.6 is 0 Å². The highest BCUT2D eigenvalue weighted by Crippen LogP contribution is 2.21. The third-order valence-electron chi connectivity index (χ3n) is 5.09.